The molecule has 2 rings (SSSR count). The smallest absolute Gasteiger partial charge is 0.332 e. The van der Waals surface area contributed by atoms with E-state index in [1.54, 1.807) is 25.0 Å². The molecule has 0 radical (unpaired) electrons. The topological polar surface area (TPSA) is 85.3 Å². The highest BCUT2D eigenvalue weighted by Gasteiger charge is 2.14. The Labute approximate surface area is 236 Å². The number of unbranched alkanes of at least 4 members (excludes halogenated alkanes) is 15. The summed E-state index contributed by atoms with van der Waals surface area (Å²) in [5, 5.41) is 10.4. The number of rotatable bonds is 23. The quantitative estimate of drug-likeness (QED) is 0.179. The van der Waals surface area contributed by atoms with E-state index < -0.39 is 0 Å². The molecule has 0 fully saturated rings. The molecule has 0 aromatic carbocycles. The number of aryl methyl sites for hydroxylation is 2. The second-order valence-corrected chi connectivity index (χ2v) is 11.7. The highest BCUT2D eigenvalue weighted by molar-refractivity contribution is 5.69. The number of hydrogen-bond donors (Lipinski definition) is 1. The predicted octanol–water partition coefficient (Wildman–Crippen LogP) is 5.77. The van der Waals surface area contributed by atoms with Crippen LogP contribution >= 0.6 is 0 Å². The maximum Gasteiger partial charge on any atom is 0.332 e. The fraction of sp³-hybridized carbons (Fsp3) is 0.839. The van der Waals surface area contributed by atoms with Crippen LogP contribution in [0.5, 0.6) is 0 Å². The van der Waals surface area contributed by atoms with Gasteiger partial charge in [-0.2, -0.15) is 0 Å². The Morgan fingerprint density at radius 1 is 0.821 bits per heavy atom. The number of fused-ring (bicyclic) bond motifs is 1. The van der Waals surface area contributed by atoms with Crippen LogP contribution in [0, 0.1) is 0 Å². The number of aromatic nitrogens is 4. The van der Waals surface area contributed by atoms with Gasteiger partial charge in [0.1, 0.15) is 0 Å². The van der Waals surface area contributed by atoms with E-state index in [0.717, 1.165) is 58.0 Å². The van der Waals surface area contributed by atoms with Crippen LogP contribution in [-0.2, 0) is 20.6 Å². The minimum absolute atomic E-state index is 0.226. The molecule has 2 heterocycles. The molecule has 39 heavy (non-hydrogen) atoms. The summed E-state index contributed by atoms with van der Waals surface area (Å²) < 4.78 is 4.49. The van der Waals surface area contributed by atoms with E-state index in [4.69, 9.17) is 0 Å². The van der Waals surface area contributed by atoms with Gasteiger partial charge in [-0.1, -0.05) is 103 Å². The lowest BCUT2D eigenvalue weighted by molar-refractivity contribution is 0.114. The average molecular weight is 548 g/mol. The van der Waals surface area contributed by atoms with Gasteiger partial charge in [0.2, 0.25) is 0 Å². The van der Waals surface area contributed by atoms with Gasteiger partial charge in [0, 0.05) is 27.2 Å². The van der Waals surface area contributed by atoms with E-state index in [-0.39, 0.29) is 17.4 Å². The lowest BCUT2D eigenvalue weighted by Crippen LogP contribution is -2.39. The molecule has 0 aliphatic rings. The lowest BCUT2D eigenvalue weighted by atomic mass is 10.1. The van der Waals surface area contributed by atoms with Crippen molar-refractivity contribution >= 4 is 11.2 Å². The fourth-order valence-electron chi connectivity index (χ4n) is 5.54. The summed E-state index contributed by atoms with van der Waals surface area (Å²) in [4.78, 5) is 31.8. The molecule has 2 aromatic rings. The van der Waals surface area contributed by atoms with Crippen molar-refractivity contribution in [1.82, 2.24) is 23.6 Å². The summed E-state index contributed by atoms with van der Waals surface area (Å²) in [6.45, 7) is 4.58. The summed E-state index contributed by atoms with van der Waals surface area (Å²) in [5.74, 6) is 0. The van der Waals surface area contributed by atoms with Crippen molar-refractivity contribution in [2.24, 2.45) is 14.1 Å². The van der Waals surface area contributed by atoms with Crippen LogP contribution < -0.4 is 11.2 Å². The molecular formula is C31H57N5O3. The number of likely N-dealkylation sites (N-methyl/N-ethyl adjacent to an activating group) is 1. The normalized spacial score (nSPS) is 12.7. The number of hydrogen-bond acceptors (Lipinski definition) is 5. The first-order valence-corrected chi connectivity index (χ1v) is 15.8. The van der Waals surface area contributed by atoms with Crippen LogP contribution in [0.15, 0.2) is 15.9 Å². The predicted molar refractivity (Wildman–Crippen MR) is 162 cm³/mol. The Balaban J connectivity index is 1.45. The maximum absolute atomic E-state index is 12.7. The van der Waals surface area contributed by atoms with E-state index in [9.17, 15) is 14.7 Å². The molecule has 1 unspecified atom stereocenters. The first kappa shape index (κ1) is 33.3. The van der Waals surface area contributed by atoms with Crippen molar-refractivity contribution in [1.29, 1.82) is 0 Å². The highest BCUT2D eigenvalue weighted by atomic mass is 16.3. The van der Waals surface area contributed by atoms with E-state index in [1.807, 2.05) is 0 Å². The largest absolute Gasteiger partial charge is 0.392 e. The van der Waals surface area contributed by atoms with E-state index >= 15 is 0 Å². The van der Waals surface area contributed by atoms with Crippen molar-refractivity contribution < 1.29 is 5.11 Å². The summed E-state index contributed by atoms with van der Waals surface area (Å²) in [6, 6.07) is 0. The second kappa shape index (κ2) is 19.2. The molecule has 0 amide bonds. The van der Waals surface area contributed by atoms with Crippen molar-refractivity contribution in [2.75, 3.05) is 20.1 Å². The van der Waals surface area contributed by atoms with Crippen molar-refractivity contribution in [2.45, 2.75) is 135 Å². The Hall–Kier alpha value is -1.93. The van der Waals surface area contributed by atoms with Crippen LogP contribution in [0.1, 0.15) is 122 Å². The Kier molecular flexibility index (Phi) is 16.4. The van der Waals surface area contributed by atoms with E-state index in [1.165, 1.54) is 79.8 Å². The van der Waals surface area contributed by atoms with Crippen LogP contribution in [-0.4, -0.2) is 54.9 Å². The zero-order valence-electron chi connectivity index (χ0n) is 25.5. The zero-order valence-corrected chi connectivity index (χ0v) is 25.5. The van der Waals surface area contributed by atoms with Gasteiger partial charge in [-0.25, -0.2) is 9.78 Å². The summed E-state index contributed by atoms with van der Waals surface area (Å²) >= 11 is 0. The van der Waals surface area contributed by atoms with Crippen molar-refractivity contribution in [3.8, 4) is 0 Å². The molecule has 8 nitrogen and oxygen atoms in total. The number of aliphatic hydroxyl groups is 1. The SMILES string of the molecule is CCCCCCCCCCCCN(C)CC(O)CCCCCCCCCn1c(=O)c2c(ncn2C)n(C)c1=O. The monoisotopic (exact) mass is 547 g/mol. The van der Waals surface area contributed by atoms with Gasteiger partial charge in [0.25, 0.3) is 5.56 Å². The first-order valence-electron chi connectivity index (χ1n) is 15.8. The third-order valence-electron chi connectivity index (χ3n) is 8.04. The second-order valence-electron chi connectivity index (χ2n) is 11.7. The van der Waals surface area contributed by atoms with Gasteiger partial charge in [-0.15, -0.1) is 0 Å². The van der Waals surface area contributed by atoms with E-state index in [2.05, 4.69) is 23.9 Å². The molecular weight excluding hydrogens is 490 g/mol. The maximum atomic E-state index is 12.7. The van der Waals surface area contributed by atoms with Gasteiger partial charge < -0.3 is 14.6 Å². The first-order chi connectivity index (χ1) is 18.9. The number of aliphatic hydroxyl groups excluding tert-OH is 1. The molecule has 1 N–H and O–H groups in total. The molecule has 0 spiro atoms. The standard InChI is InChI=1S/C31H57N5O3/c1-5-6-7-8-9-10-11-14-17-20-23-33(2)25-27(37)22-19-16-13-12-15-18-21-24-36-30(38)28-29(32-26-34(28)3)35(4)31(36)39/h26-27,37H,5-25H2,1-4H3. The Bertz CT molecular complexity index is 1040. The van der Waals surface area contributed by atoms with Crippen LogP contribution in [0.3, 0.4) is 0 Å². The molecule has 224 valence electrons. The molecule has 2 aromatic heterocycles. The third kappa shape index (κ3) is 12.0. The lowest BCUT2D eigenvalue weighted by Gasteiger charge is -2.20. The van der Waals surface area contributed by atoms with Gasteiger partial charge in [0.05, 0.1) is 12.4 Å². The molecule has 0 aliphatic carbocycles. The van der Waals surface area contributed by atoms with E-state index in [0.29, 0.717) is 17.7 Å². The van der Waals surface area contributed by atoms with Crippen molar-refractivity contribution in [3.05, 3.63) is 27.2 Å². The van der Waals surface area contributed by atoms with Crippen molar-refractivity contribution in [3.63, 3.8) is 0 Å². The van der Waals surface area contributed by atoms with Crippen LogP contribution in [0.2, 0.25) is 0 Å². The zero-order chi connectivity index (χ0) is 28.5. The molecule has 1 atom stereocenters. The minimum Gasteiger partial charge on any atom is -0.392 e. The molecule has 0 bridgehead atoms. The minimum atomic E-state index is -0.293. The van der Waals surface area contributed by atoms with Gasteiger partial charge >= 0.3 is 5.69 Å². The summed E-state index contributed by atoms with van der Waals surface area (Å²) in [6.07, 6.45) is 23.3. The number of nitrogens with zero attached hydrogens (tertiary/aromatic N) is 5. The average Bonchev–Trinajstić information content (AvgIpc) is 3.30. The van der Waals surface area contributed by atoms with Gasteiger partial charge in [-0.3, -0.25) is 13.9 Å². The highest BCUT2D eigenvalue weighted by Crippen LogP contribution is 2.13. The van der Waals surface area contributed by atoms with Gasteiger partial charge in [0.15, 0.2) is 11.2 Å². The Morgan fingerprint density at radius 3 is 1.97 bits per heavy atom. The molecule has 0 aliphatic heterocycles. The summed E-state index contributed by atoms with van der Waals surface area (Å²) in [7, 11) is 5.58. The molecule has 0 saturated carbocycles. The van der Waals surface area contributed by atoms with Crippen LogP contribution in [0.25, 0.3) is 11.2 Å². The van der Waals surface area contributed by atoms with Crippen LogP contribution in [0.4, 0.5) is 0 Å². The third-order valence-corrected chi connectivity index (χ3v) is 8.04. The summed E-state index contributed by atoms with van der Waals surface area (Å²) in [5.41, 5.74) is 0.374. The fourth-order valence-corrected chi connectivity index (χ4v) is 5.54. The molecule has 0 saturated heterocycles. The Morgan fingerprint density at radius 2 is 1.36 bits per heavy atom. The molecule has 8 heteroatoms. The van der Waals surface area contributed by atoms with Gasteiger partial charge in [-0.05, 0) is 32.9 Å². The number of imidazole rings is 1.